The number of aromatic nitrogens is 1. The van der Waals surface area contributed by atoms with Gasteiger partial charge in [-0.05, 0) is 13.0 Å². The number of hydrogen-bond acceptors (Lipinski definition) is 3. The lowest BCUT2D eigenvalue weighted by Crippen LogP contribution is -2.46. The summed E-state index contributed by atoms with van der Waals surface area (Å²) in [6, 6.07) is 3.22. The van der Waals surface area contributed by atoms with Crippen molar-refractivity contribution >= 4 is 11.8 Å². The number of amides is 2. The van der Waals surface area contributed by atoms with Crippen LogP contribution in [0.2, 0.25) is 0 Å². The van der Waals surface area contributed by atoms with Crippen molar-refractivity contribution in [3.63, 3.8) is 0 Å². The molecule has 0 fully saturated rings. The van der Waals surface area contributed by atoms with Gasteiger partial charge in [0, 0.05) is 19.2 Å². The summed E-state index contributed by atoms with van der Waals surface area (Å²) in [5, 5.41) is 2.78. The highest BCUT2D eigenvalue weighted by Crippen LogP contribution is 1.92. The number of carbonyl (C=O) groups excluding carboxylic acids is 2. The number of nitrogens with two attached hydrogens (primary N) is 1. The van der Waals surface area contributed by atoms with Crippen molar-refractivity contribution in [2.45, 2.75) is 19.5 Å². The lowest BCUT2D eigenvalue weighted by Gasteiger charge is -2.10. The Morgan fingerprint density at radius 1 is 1.56 bits per heavy atom. The van der Waals surface area contributed by atoms with Crippen molar-refractivity contribution in [1.82, 2.24) is 5.32 Å². The molecule has 0 spiro atoms. The van der Waals surface area contributed by atoms with Crippen molar-refractivity contribution in [2.24, 2.45) is 5.73 Å². The second kappa shape index (κ2) is 6.70. The number of nitrogens with zero attached hydrogens (tertiary/aromatic N) is 1. The summed E-state index contributed by atoms with van der Waals surface area (Å²) in [6.07, 6.45) is 3.25. The first-order valence-electron chi connectivity index (χ1n) is 5.60. The Bertz CT molecular complexity index is 434. The summed E-state index contributed by atoms with van der Waals surface area (Å²) in [6.45, 7) is 2.44. The van der Waals surface area contributed by atoms with Gasteiger partial charge in [0.1, 0.15) is 5.56 Å². The maximum absolute atomic E-state index is 11.7. The van der Waals surface area contributed by atoms with Gasteiger partial charge in [-0.15, -0.1) is 0 Å². The average Bonchev–Trinajstić information content (AvgIpc) is 2.29. The maximum Gasteiger partial charge on any atom is 0.286 e. The molecule has 1 rings (SSSR count). The van der Waals surface area contributed by atoms with Crippen molar-refractivity contribution in [1.29, 1.82) is 0 Å². The minimum atomic E-state index is -0.516. The Kier molecular flexibility index (Phi) is 5.26. The van der Waals surface area contributed by atoms with Crippen LogP contribution in [0.4, 0.5) is 0 Å². The van der Waals surface area contributed by atoms with E-state index in [1.165, 1.54) is 0 Å². The van der Waals surface area contributed by atoms with Crippen LogP contribution in [-0.4, -0.2) is 31.6 Å². The molecule has 98 valence electrons. The van der Waals surface area contributed by atoms with Crippen LogP contribution >= 0.6 is 0 Å². The van der Waals surface area contributed by atoms with Gasteiger partial charge in [0.15, 0.2) is 12.4 Å². The SMILES string of the molecule is COC[C@H](C)NC(=O)C[n+]1cccc(C(N)=O)c1. The zero-order valence-electron chi connectivity index (χ0n) is 10.6. The van der Waals surface area contributed by atoms with Crippen LogP contribution in [0.3, 0.4) is 0 Å². The predicted molar refractivity (Wildman–Crippen MR) is 64.6 cm³/mol. The second-order valence-electron chi connectivity index (χ2n) is 4.05. The maximum atomic E-state index is 11.7. The summed E-state index contributed by atoms with van der Waals surface area (Å²) in [7, 11) is 1.58. The van der Waals surface area contributed by atoms with Gasteiger partial charge in [-0.25, -0.2) is 0 Å². The Balaban J connectivity index is 2.59. The fraction of sp³-hybridized carbons (Fsp3) is 0.417. The molecule has 6 nitrogen and oxygen atoms in total. The van der Waals surface area contributed by atoms with Crippen molar-refractivity contribution in [3.8, 4) is 0 Å². The van der Waals surface area contributed by atoms with E-state index in [2.05, 4.69) is 5.32 Å². The third-order valence-corrected chi connectivity index (χ3v) is 2.29. The van der Waals surface area contributed by atoms with E-state index < -0.39 is 5.91 Å². The summed E-state index contributed by atoms with van der Waals surface area (Å²) >= 11 is 0. The van der Waals surface area contributed by atoms with Gasteiger partial charge >= 0.3 is 0 Å². The standard InChI is InChI=1S/C12H17N3O3/c1-9(8-18-2)14-11(16)7-15-5-3-4-10(6-15)12(13)17/h3-6,9H,7-8H2,1-2H3,(H2-,13,14,16,17)/p+1/t9-/m0/s1. The number of carbonyl (C=O) groups is 2. The van der Waals surface area contributed by atoms with Crippen LogP contribution in [0.25, 0.3) is 0 Å². The third-order valence-electron chi connectivity index (χ3n) is 2.29. The van der Waals surface area contributed by atoms with Crippen LogP contribution in [-0.2, 0) is 16.1 Å². The van der Waals surface area contributed by atoms with E-state index in [4.69, 9.17) is 10.5 Å². The highest BCUT2D eigenvalue weighted by Gasteiger charge is 2.13. The van der Waals surface area contributed by atoms with E-state index in [1.807, 2.05) is 6.92 Å². The van der Waals surface area contributed by atoms with Crippen LogP contribution in [0.1, 0.15) is 17.3 Å². The fourth-order valence-corrected chi connectivity index (χ4v) is 1.54. The van der Waals surface area contributed by atoms with E-state index in [0.29, 0.717) is 12.2 Å². The topological polar surface area (TPSA) is 85.3 Å². The van der Waals surface area contributed by atoms with Crippen molar-refractivity contribution in [3.05, 3.63) is 30.1 Å². The number of nitrogens with one attached hydrogen (secondary N) is 1. The number of ether oxygens (including phenoxy) is 1. The molecule has 1 atom stereocenters. The number of hydrogen-bond donors (Lipinski definition) is 2. The van der Waals surface area contributed by atoms with E-state index in [9.17, 15) is 9.59 Å². The Morgan fingerprint density at radius 3 is 2.89 bits per heavy atom. The molecule has 2 amide bonds. The Hall–Kier alpha value is -1.95. The first kappa shape index (κ1) is 14.1. The fourth-order valence-electron chi connectivity index (χ4n) is 1.54. The first-order chi connectivity index (χ1) is 8.52. The van der Waals surface area contributed by atoms with Crippen molar-refractivity contribution in [2.75, 3.05) is 13.7 Å². The molecule has 0 aliphatic rings. The number of primary amides is 1. The summed E-state index contributed by atoms with van der Waals surface area (Å²) in [5.41, 5.74) is 5.53. The molecule has 0 aliphatic carbocycles. The lowest BCUT2D eigenvalue weighted by molar-refractivity contribution is -0.684. The van der Waals surface area contributed by atoms with E-state index >= 15 is 0 Å². The van der Waals surface area contributed by atoms with Crippen LogP contribution < -0.4 is 15.6 Å². The highest BCUT2D eigenvalue weighted by molar-refractivity contribution is 5.92. The van der Waals surface area contributed by atoms with Crippen LogP contribution in [0.5, 0.6) is 0 Å². The Labute approximate surface area is 106 Å². The Morgan fingerprint density at radius 2 is 2.28 bits per heavy atom. The molecule has 0 bridgehead atoms. The van der Waals surface area contributed by atoms with Crippen LogP contribution in [0.15, 0.2) is 24.5 Å². The average molecular weight is 252 g/mol. The number of rotatable bonds is 6. The minimum absolute atomic E-state index is 0.0533. The summed E-state index contributed by atoms with van der Waals surface area (Å²) < 4.78 is 6.53. The van der Waals surface area contributed by atoms with E-state index in [1.54, 1.807) is 36.2 Å². The molecule has 1 heterocycles. The van der Waals surface area contributed by atoms with Crippen LogP contribution in [0, 0.1) is 0 Å². The molecule has 1 aromatic heterocycles. The van der Waals surface area contributed by atoms with Gasteiger partial charge < -0.3 is 15.8 Å². The van der Waals surface area contributed by atoms with Crippen molar-refractivity contribution < 1.29 is 18.9 Å². The molecule has 1 aromatic rings. The molecule has 0 unspecified atom stereocenters. The molecule has 0 saturated heterocycles. The molecule has 18 heavy (non-hydrogen) atoms. The molecule has 0 aromatic carbocycles. The van der Waals surface area contributed by atoms with E-state index in [-0.39, 0.29) is 18.5 Å². The smallest absolute Gasteiger partial charge is 0.286 e. The first-order valence-corrected chi connectivity index (χ1v) is 5.60. The molecule has 0 saturated carbocycles. The summed E-state index contributed by atoms with van der Waals surface area (Å²) in [5.74, 6) is -0.663. The van der Waals surface area contributed by atoms with Gasteiger partial charge in [0.2, 0.25) is 6.54 Å². The predicted octanol–water partition coefficient (Wildman–Crippen LogP) is -0.776. The normalized spacial score (nSPS) is 11.9. The monoisotopic (exact) mass is 252 g/mol. The van der Waals surface area contributed by atoms with Gasteiger partial charge in [-0.2, -0.15) is 4.57 Å². The minimum Gasteiger partial charge on any atom is -0.383 e. The zero-order valence-corrected chi connectivity index (χ0v) is 10.6. The largest absolute Gasteiger partial charge is 0.383 e. The van der Waals surface area contributed by atoms with Gasteiger partial charge in [0.05, 0.1) is 6.61 Å². The molecule has 0 radical (unpaired) electrons. The van der Waals surface area contributed by atoms with Gasteiger partial charge in [-0.1, -0.05) is 0 Å². The van der Waals surface area contributed by atoms with E-state index in [0.717, 1.165) is 0 Å². The molecule has 6 heteroatoms. The zero-order chi connectivity index (χ0) is 13.5. The highest BCUT2D eigenvalue weighted by atomic mass is 16.5. The number of pyridine rings is 1. The molecule has 3 N–H and O–H groups in total. The molecular weight excluding hydrogens is 234 g/mol. The quantitative estimate of drug-likeness (QED) is 0.652. The van der Waals surface area contributed by atoms with Gasteiger partial charge in [-0.3, -0.25) is 9.59 Å². The summed E-state index contributed by atoms with van der Waals surface area (Å²) in [4.78, 5) is 22.7. The molecule has 0 aliphatic heterocycles. The third kappa shape index (κ3) is 4.50. The molecular formula is C12H18N3O3+. The number of methoxy groups -OCH3 is 1. The van der Waals surface area contributed by atoms with Gasteiger partial charge in [0.25, 0.3) is 11.8 Å². The second-order valence-corrected chi connectivity index (χ2v) is 4.05. The lowest BCUT2D eigenvalue weighted by atomic mass is 10.2.